The zero-order valence-corrected chi connectivity index (χ0v) is 27.6. The zero-order valence-electron chi connectivity index (χ0n) is 27.6. The van der Waals surface area contributed by atoms with Crippen molar-refractivity contribution in [2.45, 2.75) is 97.4 Å². The van der Waals surface area contributed by atoms with Crippen LogP contribution in [-0.4, -0.2) is 61.6 Å². The lowest BCUT2D eigenvalue weighted by molar-refractivity contribution is -0.122. The number of amides is 3. The highest BCUT2D eigenvalue weighted by Crippen LogP contribution is 2.34. The van der Waals surface area contributed by atoms with Crippen molar-refractivity contribution in [2.24, 2.45) is 11.8 Å². The highest BCUT2D eigenvalue weighted by Gasteiger charge is 2.34. The molecule has 3 atom stereocenters. The van der Waals surface area contributed by atoms with E-state index in [4.69, 9.17) is 4.98 Å². The maximum Gasteiger partial charge on any atom is 0.270 e. The Morgan fingerprint density at radius 1 is 1.07 bits per heavy atom. The number of nitrogens with zero attached hydrogens (tertiary/aromatic N) is 5. The molecule has 1 aliphatic heterocycles. The molecule has 1 aliphatic carbocycles. The standard InChI is InChI=1S/C34H47FN8O3/c1-6-29(44)39-30(32-36-19-25-20-41(5)16-17-42(25)32)22(4)24-12-13-27(26(35)18-24)38-34(46)31(23-10-8-21(3)9-11-23)40-33(45)28-14-15-37-43(28)7-2/h12-15,18-19,21-23,30-31H,6-11,16-17,20H2,1-5H3,(H,38,46)(H,39,44)(H,40,45)/t21?,22-,23?,30+,31-/m0/s1. The summed E-state index contributed by atoms with van der Waals surface area (Å²) in [6.07, 6.45) is 7.24. The average molecular weight is 635 g/mol. The van der Waals surface area contributed by atoms with Crippen LogP contribution in [0.3, 0.4) is 0 Å². The molecule has 0 radical (unpaired) electrons. The van der Waals surface area contributed by atoms with E-state index in [1.165, 1.54) is 6.07 Å². The van der Waals surface area contributed by atoms with Gasteiger partial charge in [-0.05, 0) is 62.4 Å². The van der Waals surface area contributed by atoms with Crippen molar-refractivity contribution >= 4 is 23.4 Å². The second kappa shape index (κ2) is 14.6. The first-order valence-corrected chi connectivity index (χ1v) is 16.5. The summed E-state index contributed by atoms with van der Waals surface area (Å²) < 4.78 is 19.5. The van der Waals surface area contributed by atoms with Crippen LogP contribution in [0.15, 0.2) is 36.7 Å². The molecule has 46 heavy (non-hydrogen) atoms. The predicted molar refractivity (Wildman–Crippen MR) is 173 cm³/mol. The van der Waals surface area contributed by atoms with E-state index in [1.807, 2.05) is 20.0 Å². The number of carbonyl (C=O) groups excluding carboxylic acids is 3. The van der Waals surface area contributed by atoms with Crippen molar-refractivity contribution < 1.29 is 18.8 Å². The molecule has 11 nitrogen and oxygen atoms in total. The molecule has 2 aliphatic rings. The fourth-order valence-corrected chi connectivity index (χ4v) is 6.70. The Kier molecular flexibility index (Phi) is 10.6. The Bertz CT molecular complexity index is 1540. The minimum atomic E-state index is -0.822. The molecule has 0 spiro atoms. The van der Waals surface area contributed by atoms with Crippen LogP contribution in [-0.2, 0) is 29.2 Å². The minimum absolute atomic E-state index is 0.0401. The van der Waals surface area contributed by atoms with Gasteiger partial charge in [0.25, 0.3) is 5.91 Å². The van der Waals surface area contributed by atoms with Gasteiger partial charge in [-0.25, -0.2) is 9.37 Å². The number of likely N-dealkylation sites (N-methyl/N-ethyl adjacent to an activating group) is 1. The van der Waals surface area contributed by atoms with Crippen LogP contribution >= 0.6 is 0 Å². The molecule has 0 unspecified atom stereocenters. The van der Waals surface area contributed by atoms with Gasteiger partial charge in [-0.15, -0.1) is 0 Å². The number of aromatic nitrogens is 4. The maximum absolute atomic E-state index is 15.7. The summed E-state index contributed by atoms with van der Waals surface area (Å²) in [5, 5.41) is 13.0. The Balaban J connectivity index is 1.36. The van der Waals surface area contributed by atoms with Crippen molar-refractivity contribution in [1.82, 2.24) is 34.9 Å². The van der Waals surface area contributed by atoms with E-state index in [2.05, 4.69) is 44.5 Å². The molecule has 1 saturated carbocycles. The molecule has 3 aromatic rings. The number of anilines is 1. The molecule has 0 saturated heterocycles. The SMILES string of the molecule is CCC(=O)N[C@@H](c1ncc2n1CCN(C)C2)[C@@H](C)c1ccc(NC(=O)[C@@H](NC(=O)c2ccnn2CC)C2CCC(C)CC2)c(F)c1. The molecule has 2 aromatic heterocycles. The first kappa shape index (κ1) is 33.3. The van der Waals surface area contributed by atoms with Crippen LogP contribution in [0.5, 0.6) is 0 Å². The van der Waals surface area contributed by atoms with Gasteiger partial charge in [-0.3, -0.25) is 24.0 Å². The summed E-state index contributed by atoms with van der Waals surface area (Å²) in [5.41, 5.74) is 2.16. The fraction of sp³-hybridized carbons (Fsp3) is 0.559. The van der Waals surface area contributed by atoms with Crippen LogP contribution < -0.4 is 16.0 Å². The van der Waals surface area contributed by atoms with Crippen molar-refractivity contribution in [1.29, 1.82) is 0 Å². The van der Waals surface area contributed by atoms with E-state index in [0.717, 1.165) is 56.8 Å². The van der Waals surface area contributed by atoms with E-state index in [-0.39, 0.29) is 29.3 Å². The van der Waals surface area contributed by atoms with Crippen molar-refractivity contribution in [3.63, 3.8) is 0 Å². The summed E-state index contributed by atoms with van der Waals surface area (Å²) >= 11 is 0. The number of carbonyl (C=O) groups is 3. The zero-order chi connectivity index (χ0) is 33.0. The van der Waals surface area contributed by atoms with Gasteiger partial charge in [-0.1, -0.05) is 39.7 Å². The van der Waals surface area contributed by atoms with Crippen LogP contribution in [0.4, 0.5) is 10.1 Å². The molecule has 1 fully saturated rings. The normalized spacial score (nSPS) is 20.3. The molecule has 248 valence electrons. The summed E-state index contributed by atoms with van der Waals surface area (Å²) in [6.45, 7) is 10.7. The van der Waals surface area contributed by atoms with Crippen LogP contribution in [0.2, 0.25) is 0 Å². The Morgan fingerprint density at radius 2 is 1.83 bits per heavy atom. The molecule has 1 aromatic carbocycles. The summed E-state index contributed by atoms with van der Waals surface area (Å²) in [5.74, 6) is -0.587. The monoisotopic (exact) mass is 634 g/mol. The molecule has 12 heteroatoms. The second-order valence-electron chi connectivity index (χ2n) is 12.9. The number of halogens is 1. The first-order valence-electron chi connectivity index (χ1n) is 16.5. The predicted octanol–water partition coefficient (Wildman–Crippen LogP) is 4.62. The first-order chi connectivity index (χ1) is 22.1. The molecule has 3 N–H and O–H groups in total. The second-order valence-corrected chi connectivity index (χ2v) is 12.9. The average Bonchev–Trinajstić information content (AvgIpc) is 3.70. The Morgan fingerprint density at radius 3 is 2.52 bits per heavy atom. The lowest BCUT2D eigenvalue weighted by Gasteiger charge is -2.32. The number of nitrogens with one attached hydrogen (secondary N) is 3. The lowest BCUT2D eigenvalue weighted by Crippen LogP contribution is -2.49. The van der Waals surface area contributed by atoms with Crippen molar-refractivity contribution in [2.75, 3.05) is 18.9 Å². The number of hydrogen-bond acceptors (Lipinski definition) is 6. The van der Waals surface area contributed by atoms with Gasteiger partial charge in [0.15, 0.2) is 0 Å². The molecular weight excluding hydrogens is 587 g/mol. The van der Waals surface area contributed by atoms with Crippen molar-refractivity contribution in [3.05, 3.63) is 65.3 Å². The maximum atomic E-state index is 15.7. The van der Waals surface area contributed by atoms with E-state index in [1.54, 1.807) is 36.0 Å². The molecular formula is C34H47FN8O3. The van der Waals surface area contributed by atoms with Crippen LogP contribution in [0.25, 0.3) is 0 Å². The number of aryl methyl sites for hydroxylation is 1. The topological polar surface area (TPSA) is 126 Å². The molecule has 3 amide bonds. The summed E-state index contributed by atoms with van der Waals surface area (Å²) in [6, 6.07) is 5.09. The third kappa shape index (κ3) is 7.32. The fourth-order valence-electron chi connectivity index (χ4n) is 6.70. The third-order valence-electron chi connectivity index (χ3n) is 9.65. The van der Waals surface area contributed by atoms with E-state index < -0.39 is 23.8 Å². The number of rotatable bonds is 11. The van der Waals surface area contributed by atoms with E-state index >= 15 is 4.39 Å². The van der Waals surface area contributed by atoms with E-state index in [0.29, 0.717) is 30.1 Å². The van der Waals surface area contributed by atoms with Gasteiger partial charge in [-0.2, -0.15) is 5.10 Å². The number of imidazole rings is 1. The highest BCUT2D eigenvalue weighted by atomic mass is 19.1. The van der Waals surface area contributed by atoms with Crippen LogP contribution in [0.1, 0.15) is 99.3 Å². The summed E-state index contributed by atoms with van der Waals surface area (Å²) in [4.78, 5) is 46.5. The van der Waals surface area contributed by atoms with Gasteiger partial charge in [0.1, 0.15) is 23.4 Å². The number of hydrogen-bond donors (Lipinski definition) is 3. The molecule has 5 rings (SSSR count). The van der Waals surface area contributed by atoms with Gasteiger partial charge < -0.3 is 20.5 Å². The number of fused-ring (bicyclic) bond motifs is 1. The Hall–Kier alpha value is -4.06. The van der Waals surface area contributed by atoms with E-state index in [9.17, 15) is 14.4 Å². The van der Waals surface area contributed by atoms with Gasteiger partial charge >= 0.3 is 0 Å². The third-order valence-corrected chi connectivity index (χ3v) is 9.65. The lowest BCUT2D eigenvalue weighted by atomic mass is 9.79. The number of benzene rings is 1. The molecule has 3 heterocycles. The summed E-state index contributed by atoms with van der Waals surface area (Å²) in [7, 11) is 2.06. The molecule has 0 bridgehead atoms. The largest absolute Gasteiger partial charge is 0.346 e. The van der Waals surface area contributed by atoms with Gasteiger partial charge in [0.05, 0.1) is 17.4 Å². The van der Waals surface area contributed by atoms with Gasteiger partial charge in [0, 0.05) is 50.9 Å². The van der Waals surface area contributed by atoms with Crippen LogP contribution in [0, 0.1) is 17.7 Å². The Labute approximate surface area is 270 Å². The highest BCUT2D eigenvalue weighted by molar-refractivity contribution is 6.00. The quantitative estimate of drug-likeness (QED) is 0.283. The van der Waals surface area contributed by atoms with Gasteiger partial charge in [0.2, 0.25) is 11.8 Å². The van der Waals surface area contributed by atoms with Crippen molar-refractivity contribution in [3.8, 4) is 0 Å². The minimum Gasteiger partial charge on any atom is -0.346 e. The smallest absolute Gasteiger partial charge is 0.270 e.